The summed E-state index contributed by atoms with van der Waals surface area (Å²) < 4.78 is 80.2. The Morgan fingerprint density at radius 2 is 1.67 bits per heavy atom. The number of hydrogen-bond acceptors (Lipinski definition) is 3. The van der Waals surface area contributed by atoms with Gasteiger partial charge in [-0.2, -0.15) is 26.3 Å². The minimum Gasteiger partial charge on any atom is -0.371 e. The molecule has 1 unspecified atom stereocenters. The Kier molecular flexibility index (Phi) is 7.81. The van der Waals surface area contributed by atoms with Crippen LogP contribution in [0.3, 0.4) is 0 Å². The van der Waals surface area contributed by atoms with E-state index in [1.165, 1.54) is 16.8 Å². The smallest absolute Gasteiger partial charge is 0.371 e. The van der Waals surface area contributed by atoms with E-state index in [1.54, 1.807) is 0 Å². The average Bonchev–Trinajstić information content (AvgIpc) is 2.79. The first-order valence-electron chi connectivity index (χ1n) is 12.7. The quantitative estimate of drug-likeness (QED) is 0.476. The van der Waals surface area contributed by atoms with Gasteiger partial charge in [0.05, 0.1) is 0 Å². The molecule has 1 fully saturated rings. The monoisotopic (exact) mass is 515 g/mol. The minimum absolute atomic E-state index is 0.0799. The van der Waals surface area contributed by atoms with Gasteiger partial charge < -0.3 is 10.6 Å². The van der Waals surface area contributed by atoms with Crippen LogP contribution in [0.1, 0.15) is 50.2 Å². The maximum atomic E-state index is 13.5. The first kappa shape index (κ1) is 27.0. The summed E-state index contributed by atoms with van der Waals surface area (Å²) in [6.07, 6.45) is -5.27. The molecule has 200 valence electrons. The largest absolute Gasteiger partial charge is 0.413 e. The zero-order valence-corrected chi connectivity index (χ0v) is 20.9. The van der Waals surface area contributed by atoms with Crippen molar-refractivity contribution in [3.05, 3.63) is 52.1 Å². The molecule has 2 heterocycles. The van der Waals surface area contributed by atoms with Crippen molar-refractivity contribution in [1.29, 1.82) is 0 Å². The van der Waals surface area contributed by atoms with Gasteiger partial charge in [-0.05, 0) is 99.7 Å². The summed E-state index contributed by atoms with van der Waals surface area (Å²) in [6, 6.07) is 6.96. The molecule has 0 radical (unpaired) electrons. The summed E-state index contributed by atoms with van der Waals surface area (Å²) >= 11 is 0. The molecule has 3 nitrogen and oxygen atoms in total. The van der Waals surface area contributed by atoms with E-state index in [2.05, 4.69) is 30.1 Å². The summed E-state index contributed by atoms with van der Waals surface area (Å²) in [6.45, 7) is 3.05. The molecule has 2 aliphatic heterocycles. The van der Waals surface area contributed by atoms with Crippen LogP contribution in [0.4, 0.5) is 32.0 Å². The molecule has 2 N–H and O–H groups in total. The predicted molar refractivity (Wildman–Crippen MR) is 130 cm³/mol. The number of alkyl halides is 6. The molecule has 0 bridgehead atoms. The molecule has 0 spiro atoms. The Morgan fingerprint density at radius 1 is 0.972 bits per heavy atom. The molecule has 36 heavy (non-hydrogen) atoms. The third kappa shape index (κ3) is 6.10. The Bertz CT molecular complexity index is 1000. The van der Waals surface area contributed by atoms with Gasteiger partial charge in [-0.15, -0.1) is 0 Å². The van der Waals surface area contributed by atoms with Gasteiger partial charge in [0.2, 0.25) is 0 Å². The number of halogens is 6. The lowest BCUT2D eigenvalue weighted by Gasteiger charge is -2.44. The first-order valence-corrected chi connectivity index (χ1v) is 12.7. The summed E-state index contributed by atoms with van der Waals surface area (Å²) in [7, 11) is 2.11. The number of aryl methyl sites for hydroxylation is 1. The standard InChI is InChI=1S/C27H35F6N3/c1-17(34)13-18-3-4-19-5-8-24(35(2)25(19)14-18)20-9-11-36(12-10-20)16-21-15-22(26(28,29)30)6-7-23(21)27(31,32)33/h3-4,14-15,17,20,24H,5-13,16,34H2,1-2H3/t17-,24?/m1/s1. The van der Waals surface area contributed by atoms with Gasteiger partial charge in [-0.25, -0.2) is 0 Å². The Hall–Kier alpha value is -2.00. The van der Waals surface area contributed by atoms with Crippen molar-refractivity contribution >= 4 is 5.69 Å². The average molecular weight is 516 g/mol. The highest BCUT2D eigenvalue weighted by atomic mass is 19.4. The fourth-order valence-electron chi connectivity index (χ4n) is 6.09. The van der Waals surface area contributed by atoms with Crippen molar-refractivity contribution in [3.63, 3.8) is 0 Å². The number of allylic oxidation sites excluding steroid dienone is 2. The molecular formula is C27H35F6N3. The van der Waals surface area contributed by atoms with Crippen LogP contribution >= 0.6 is 0 Å². The van der Waals surface area contributed by atoms with Crippen LogP contribution in [0, 0.1) is 5.92 Å². The maximum Gasteiger partial charge on any atom is 0.413 e. The molecule has 2 atom stereocenters. The van der Waals surface area contributed by atoms with Crippen LogP contribution in [-0.4, -0.2) is 56.0 Å². The van der Waals surface area contributed by atoms with Crippen molar-refractivity contribution in [2.45, 2.75) is 76.3 Å². The third-order valence-electron chi connectivity index (χ3n) is 7.95. The highest BCUT2D eigenvalue weighted by Crippen LogP contribution is 2.42. The van der Waals surface area contributed by atoms with E-state index < -0.39 is 36.3 Å². The molecule has 3 aliphatic rings. The maximum absolute atomic E-state index is 13.5. The highest BCUT2D eigenvalue weighted by Gasteiger charge is 2.42. The molecule has 1 aromatic rings. The van der Waals surface area contributed by atoms with Crippen molar-refractivity contribution in [2.75, 3.05) is 31.6 Å². The van der Waals surface area contributed by atoms with Crippen LogP contribution in [0.15, 0.2) is 41.0 Å². The van der Waals surface area contributed by atoms with Crippen LogP contribution in [-0.2, 0) is 12.8 Å². The lowest BCUT2D eigenvalue weighted by Crippen LogP contribution is -2.46. The zero-order chi connectivity index (χ0) is 26.3. The summed E-state index contributed by atoms with van der Waals surface area (Å²) in [4.78, 5) is 4.22. The highest BCUT2D eigenvalue weighted by molar-refractivity contribution is 5.58. The second kappa shape index (κ2) is 10.4. The molecule has 1 saturated heterocycles. The molecule has 0 amide bonds. The number of likely N-dealkylation sites (tertiary alicyclic amines) is 1. The number of piperidine rings is 1. The lowest BCUT2D eigenvalue weighted by atomic mass is 9.82. The number of nitrogens with two attached hydrogens (primary N) is 1. The van der Waals surface area contributed by atoms with E-state index in [0.29, 0.717) is 25.0 Å². The van der Waals surface area contributed by atoms with Crippen LogP contribution in [0.2, 0.25) is 0 Å². The second-order valence-corrected chi connectivity index (χ2v) is 10.6. The fraction of sp³-hybridized carbons (Fsp3) is 0.630. The number of anilines is 1. The number of benzene rings is 1. The van der Waals surface area contributed by atoms with Crippen LogP contribution in [0.5, 0.6) is 0 Å². The normalized spacial score (nSPS) is 23.5. The Labute approximate surface area is 209 Å². The van der Waals surface area contributed by atoms with Crippen LogP contribution < -0.4 is 10.6 Å². The van der Waals surface area contributed by atoms with Gasteiger partial charge in [-0.3, -0.25) is 4.90 Å². The van der Waals surface area contributed by atoms with Crippen LogP contribution in [0.25, 0.3) is 0 Å². The summed E-state index contributed by atoms with van der Waals surface area (Å²) in [5.41, 5.74) is 7.80. The Morgan fingerprint density at radius 3 is 2.28 bits per heavy atom. The zero-order valence-electron chi connectivity index (χ0n) is 20.9. The fourth-order valence-corrected chi connectivity index (χ4v) is 6.09. The number of fused-ring (bicyclic) bond motifs is 1. The van der Waals surface area contributed by atoms with Gasteiger partial charge in [-0.1, -0.05) is 12.1 Å². The first-order chi connectivity index (χ1) is 16.8. The summed E-state index contributed by atoms with van der Waals surface area (Å²) in [5, 5.41) is 0. The number of hydrogen-bond donors (Lipinski definition) is 1. The van der Waals surface area contributed by atoms with E-state index in [0.717, 1.165) is 38.2 Å². The second-order valence-electron chi connectivity index (χ2n) is 10.6. The molecule has 4 rings (SSSR count). The van der Waals surface area contributed by atoms with Crippen molar-refractivity contribution < 1.29 is 26.3 Å². The topological polar surface area (TPSA) is 32.5 Å². The number of rotatable bonds is 5. The predicted octanol–water partition coefficient (Wildman–Crippen LogP) is 6.18. The lowest BCUT2D eigenvalue weighted by molar-refractivity contribution is -0.103. The number of nitrogens with zero attached hydrogens (tertiary/aromatic N) is 2. The Balaban J connectivity index is 1.42. The van der Waals surface area contributed by atoms with Gasteiger partial charge in [0, 0.05) is 42.5 Å². The van der Waals surface area contributed by atoms with E-state index in [4.69, 9.17) is 5.73 Å². The van der Waals surface area contributed by atoms with Gasteiger partial charge in [0.25, 0.3) is 0 Å². The van der Waals surface area contributed by atoms with Gasteiger partial charge >= 0.3 is 12.4 Å². The molecule has 0 aromatic heterocycles. The molecule has 9 heteroatoms. The van der Waals surface area contributed by atoms with Crippen molar-refractivity contribution in [3.8, 4) is 0 Å². The summed E-state index contributed by atoms with van der Waals surface area (Å²) in [5.74, 6) is 0.389. The third-order valence-corrected chi connectivity index (χ3v) is 7.95. The van der Waals surface area contributed by atoms with Crippen molar-refractivity contribution in [1.82, 2.24) is 4.90 Å². The van der Waals surface area contributed by atoms with Crippen molar-refractivity contribution in [2.24, 2.45) is 11.7 Å². The van der Waals surface area contributed by atoms with Gasteiger partial charge in [0.1, 0.15) is 0 Å². The minimum atomic E-state index is -4.61. The molecule has 1 aromatic carbocycles. The molecule has 0 saturated carbocycles. The van der Waals surface area contributed by atoms with E-state index in [1.807, 2.05) is 11.8 Å². The van der Waals surface area contributed by atoms with E-state index in [9.17, 15) is 26.3 Å². The SMILES string of the molecule is C[C@@H](N)Cc1ccc2c(c1)N(C)C(C1CCN(CC3=C(C(F)(F)F)CCC(C(F)(F)F)=C3)CC1)CC2. The van der Waals surface area contributed by atoms with E-state index in [-0.39, 0.29) is 18.2 Å². The molecular weight excluding hydrogens is 480 g/mol. The van der Waals surface area contributed by atoms with E-state index >= 15 is 0 Å². The van der Waals surface area contributed by atoms with Gasteiger partial charge in [0.15, 0.2) is 0 Å². The molecule has 1 aliphatic carbocycles.